The number of aromatic nitrogens is 1. The highest BCUT2D eigenvalue weighted by Gasteiger charge is 2.13. The lowest BCUT2D eigenvalue weighted by molar-refractivity contribution is 0.0520. The fourth-order valence-electron chi connectivity index (χ4n) is 1.44. The van der Waals surface area contributed by atoms with Crippen molar-refractivity contribution in [3.63, 3.8) is 0 Å². The van der Waals surface area contributed by atoms with Gasteiger partial charge in [0.1, 0.15) is 0 Å². The monoisotopic (exact) mass is 325 g/mol. The van der Waals surface area contributed by atoms with Gasteiger partial charge >= 0.3 is 12.0 Å². The minimum atomic E-state index is -0.520. The van der Waals surface area contributed by atoms with E-state index in [9.17, 15) is 9.59 Å². The van der Waals surface area contributed by atoms with Gasteiger partial charge in [-0.05, 0) is 19.1 Å². The lowest BCUT2D eigenvalue weighted by atomic mass is 10.3. The van der Waals surface area contributed by atoms with Crippen molar-refractivity contribution in [2.24, 2.45) is 0 Å². The first kappa shape index (κ1) is 15.3. The summed E-state index contributed by atoms with van der Waals surface area (Å²) in [6.45, 7) is 1.98. The van der Waals surface area contributed by atoms with Gasteiger partial charge in [0.25, 0.3) is 0 Å². The maximum Gasteiger partial charge on any atom is 0.357 e. The Morgan fingerprint density at radius 1 is 1.33 bits per heavy atom. The molecule has 1 aromatic heterocycles. The highest BCUT2D eigenvalue weighted by atomic mass is 35.5. The topological polar surface area (TPSA) is 80.3 Å². The molecule has 8 heteroatoms. The predicted octanol–water partition coefficient (Wildman–Crippen LogP) is 3.62. The highest BCUT2D eigenvalue weighted by molar-refractivity contribution is 7.14. The Morgan fingerprint density at radius 2 is 2.10 bits per heavy atom. The second kappa shape index (κ2) is 7.05. The van der Waals surface area contributed by atoms with Crippen molar-refractivity contribution >= 4 is 45.8 Å². The SMILES string of the molecule is CCOC(=O)c1csc(NC(=O)Nc2ccccc2Cl)n1. The molecule has 0 saturated heterocycles. The predicted molar refractivity (Wildman–Crippen MR) is 82.2 cm³/mol. The number of anilines is 2. The Hall–Kier alpha value is -2.12. The summed E-state index contributed by atoms with van der Waals surface area (Å²) >= 11 is 7.06. The van der Waals surface area contributed by atoms with Gasteiger partial charge < -0.3 is 10.1 Å². The maximum atomic E-state index is 11.8. The van der Waals surface area contributed by atoms with Crippen LogP contribution in [0.4, 0.5) is 15.6 Å². The molecule has 0 saturated carbocycles. The van der Waals surface area contributed by atoms with Crippen LogP contribution in [0, 0.1) is 0 Å². The van der Waals surface area contributed by atoms with Gasteiger partial charge in [0.2, 0.25) is 0 Å². The summed E-state index contributed by atoms with van der Waals surface area (Å²) in [6, 6.07) is 6.36. The number of ether oxygens (including phenoxy) is 1. The van der Waals surface area contributed by atoms with Crippen LogP contribution in [0.15, 0.2) is 29.6 Å². The van der Waals surface area contributed by atoms with Gasteiger partial charge in [-0.2, -0.15) is 0 Å². The van der Waals surface area contributed by atoms with Crippen LogP contribution >= 0.6 is 22.9 Å². The fourth-order valence-corrected chi connectivity index (χ4v) is 2.30. The Labute approximate surface area is 130 Å². The second-order valence-corrected chi connectivity index (χ2v) is 5.08. The van der Waals surface area contributed by atoms with Gasteiger partial charge in [-0.1, -0.05) is 23.7 Å². The van der Waals surface area contributed by atoms with Gasteiger partial charge in [0, 0.05) is 5.38 Å². The molecule has 1 aromatic carbocycles. The van der Waals surface area contributed by atoms with Crippen molar-refractivity contribution in [1.82, 2.24) is 4.98 Å². The number of urea groups is 1. The molecule has 0 spiro atoms. The number of hydrogen-bond donors (Lipinski definition) is 2. The standard InChI is InChI=1S/C13H12ClN3O3S/c1-2-20-11(18)10-7-21-13(16-10)17-12(19)15-9-6-4-3-5-8(9)14/h3-7H,2H2,1H3,(H2,15,16,17,19). The Balaban J connectivity index is 1.97. The quantitative estimate of drug-likeness (QED) is 0.841. The molecule has 2 N–H and O–H groups in total. The number of nitrogens with zero attached hydrogens (tertiary/aromatic N) is 1. The zero-order valence-corrected chi connectivity index (χ0v) is 12.6. The second-order valence-electron chi connectivity index (χ2n) is 3.82. The zero-order chi connectivity index (χ0) is 15.2. The van der Waals surface area contributed by atoms with Crippen LogP contribution in [0.1, 0.15) is 17.4 Å². The van der Waals surface area contributed by atoms with E-state index in [2.05, 4.69) is 15.6 Å². The highest BCUT2D eigenvalue weighted by Crippen LogP contribution is 2.21. The van der Waals surface area contributed by atoms with E-state index in [0.29, 0.717) is 15.8 Å². The molecule has 2 amide bonds. The molecule has 0 fully saturated rings. The number of carbonyl (C=O) groups is 2. The summed E-state index contributed by atoms with van der Waals surface area (Å²) in [5.74, 6) is -0.520. The van der Waals surface area contributed by atoms with E-state index in [1.54, 1.807) is 31.2 Å². The van der Waals surface area contributed by atoms with Crippen molar-refractivity contribution in [3.05, 3.63) is 40.4 Å². The van der Waals surface area contributed by atoms with Gasteiger partial charge in [-0.25, -0.2) is 14.6 Å². The van der Waals surface area contributed by atoms with Crippen LogP contribution in [0.25, 0.3) is 0 Å². The third-order valence-electron chi connectivity index (χ3n) is 2.33. The van der Waals surface area contributed by atoms with E-state index >= 15 is 0 Å². The smallest absolute Gasteiger partial charge is 0.357 e. The molecule has 6 nitrogen and oxygen atoms in total. The van der Waals surface area contributed by atoms with Crippen molar-refractivity contribution in [3.8, 4) is 0 Å². The average molecular weight is 326 g/mol. The molecule has 0 radical (unpaired) electrons. The van der Waals surface area contributed by atoms with Gasteiger partial charge in [0.15, 0.2) is 10.8 Å². The van der Waals surface area contributed by atoms with Crippen molar-refractivity contribution < 1.29 is 14.3 Å². The molecule has 0 aliphatic carbocycles. The minimum Gasteiger partial charge on any atom is -0.461 e. The number of para-hydroxylation sites is 1. The van der Waals surface area contributed by atoms with E-state index in [4.69, 9.17) is 16.3 Å². The number of halogens is 1. The van der Waals surface area contributed by atoms with Crippen molar-refractivity contribution in [2.45, 2.75) is 6.92 Å². The molecular formula is C13H12ClN3O3S. The number of carbonyl (C=O) groups excluding carboxylic acids is 2. The van der Waals surface area contributed by atoms with Crippen LogP contribution < -0.4 is 10.6 Å². The van der Waals surface area contributed by atoms with Gasteiger partial charge in [-0.3, -0.25) is 5.32 Å². The number of thiazole rings is 1. The van der Waals surface area contributed by atoms with Crippen LogP contribution in [0.5, 0.6) is 0 Å². The molecule has 2 rings (SSSR count). The summed E-state index contributed by atoms with van der Waals surface area (Å²) in [4.78, 5) is 27.2. The first-order valence-electron chi connectivity index (χ1n) is 6.05. The maximum absolute atomic E-state index is 11.8. The van der Waals surface area contributed by atoms with E-state index in [1.165, 1.54) is 5.38 Å². The minimum absolute atomic E-state index is 0.162. The fraction of sp³-hybridized carbons (Fsp3) is 0.154. The summed E-state index contributed by atoms with van der Waals surface area (Å²) in [5.41, 5.74) is 0.647. The Kier molecular flexibility index (Phi) is 5.13. The molecule has 2 aromatic rings. The van der Waals surface area contributed by atoms with Gasteiger partial charge in [0.05, 0.1) is 17.3 Å². The molecule has 110 valence electrons. The molecule has 21 heavy (non-hydrogen) atoms. The van der Waals surface area contributed by atoms with E-state index in [0.717, 1.165) is 11.3 Å². The van der Waals surface area contributed by atoms with Crippen molar-refractivity contribution in [1.29, 1.82) is 0 Å². The average Bonchev–Trinajstić information content (AvgIpc) is 2.90. The Morgan fingerprint density at radius 3 is 2.81 bits per heavy atom. The van der Waals surface area contributed by atoms with Crippen molar-refractivity contribution in [2.75, 3.05) is 17.2 Å². The normalized spacial score (nSPS) is 10.0. The molecule has 0 aliphatic rings. The summed E-state index contributed by atoms with van der Waals surface area (Å²) in [5, 5.41) is 7.36. The zero-order valence-electron chi connectivity index (χ0n) is 11.1. The molecule has 0 atom stereocenters. The number of esters is 1. The lowest BCUT2D eigenvalue weighted by Gasteiger charge is -2.06. The number of nitrogens with one attached hydrogen (secondary N) is 2. The molecule has 0 bridgehead atoms. The number of rotatable bonds is 4. The molecular weight excluding hydrogens is 314 g/mol. The van der Waals surface area contributed by atoms with Crippen LogP contribution in [-0.2, 0) is 4.74 Å². The third kappa shape index (κ3) is 4.17. The lowest BCUT2D eigenvalue weighted by Crippen LogP contribution is -2.19. The van der Waals surface area contributed by atoms with Crippen LogP contribution in [0.3, 0.4) is 0 Å². The van der Waals surface area contributed by atoms with Crippen LogP contribution in [-0.4, -0.2) is 23.6 Å². The van der Waals surface area contributed by atoms with Crippen LogP contribution in [0.2, 0.25) is 5.02 Å². The number of amides is 2. The molecule has 0 unspecified atom stereocenters. The van der Waals surface area contributed by atoms with Gasteiger partial charge in [-0.15, -0.1) is 11.3 Å². The largest absolute Gasteiger partial charge is 0.461 e. The third-order valence-corrected chi connectivity index (χ3v) is 3.42. The number of benzene rings is 1. The van der Waals surface area contributed by atoms with E-state index in [1.807, 2.05) is 0 Å². The summed E-state index contributed by atoms with van der Waals surface area (Å²) in [6.07, 6.45) is 0. The van der Waals surface area contributed by atoms with E-state index in [-0.39, 0.29) is 12.3 Å². The first-order chi connectivity index (χ1) is 10.1. The number of hydrogen-bond acceptors (Lipinski definition) is 5. The Bertz CT molecular complexity index is 660. The van der Waals surface area contributed by atoms with E-state index < -0.39 is 12.0 Å². The first-order valence-corrected chi connectivity index (χ1v) is 7.31. The molecule has 0 aliphatic heterocycles. The molecule has 1 heterocycles. The summed E-state index contributed by atoms with van der Waals surface area (Å²) in [7, 11) is 0. The summed E-state index contributed by atoms with van der Waals surface area (Å²) < 4.78 is 4.82.